The molecule has 1 N–H and O–H groups in total. The summed E-state index contributed by atoms with van der Waals surface area (Å²) >= 11 is 5.78. The van der Waals surface area contributed by atoms with Gasteiger partial charge in [0.2, 0.25) is 5.91 Å². The number of nitrogens with one attached hydrogen (secondary N) is 1. The van der Waals surface area contributed by atoms with Crippen LogP contribution in [0.15, 0.2) is 24.3 Å². The van der Waals surface area contributed by atoms with E-state index in [1.165, 1.54) is 12.8 Å². The van der Waals surface area contributed by atoms with E-state index in [4.69, 9.17) is 11.6 Å². The van der Waals surface area contributed by atoms with Crippen molar-refractivity contribution in [1.29, 1.82) is 0 Å². The smallest absolute Gasteiger partial charge is 0.223 e. The van der Waals surface area contributed by atoms with Crippen molar-refractivity contribution in [3.8, 4) is 0 Å². The third-order valence-electron chi connectivity index (χ3n) is 5.76. The largest absolute Gasteiger partial charge is 0.356 e. The Hall–Kier alpha value is -1.62. The number of aromatic nitrogens is 2. The van der Waals surface area contributed by atoms with E-state index in [1.807, 2.05) is 6.07 Å². The fraction of sp³-hybridized carbons (Fsp3) is 0.611. The number of piperidine rings is 1. The molecule has 2 bridgehead atoms. The molecule has 5 nitrogen and oxygen atoms in total. The topological polar surface area (TPSA) is 58.1 Å². The van der Waals surface area contributed by atoms with E-state index in [9.17, 15) is 4.79 Å². The van der Waals surface area contributed by atoms with Gasteiger partial charge in [-0.1, -0.05) is 23.8 Å². The van der Waals surface area contributed by atoms with Crippen molar-refractivity contribution in [2.45, 2.75) is 25.7 Å². The standard InChI is InChI=1S/C18H23ClN4O/c19-16-3-4-17(22-21-16)23-7-5-13(6-8-23)18(24)20-11-15-10-12-1-2-14(15)9-12/h1-4,12-15H,5-11H2,(H,20,24)/t12-,14+,15+/m1/s1. The first-order chi connectivity index (χ1) is 11.7. The summed E-state index contributed by atoms with van der Waals surface area (Å²) in [6, 6.07) is 3.64. The molecule has 3 atom stereocenters. The Bertz CT molecular complexity index is 624. The van der Waals surface area contributed by atoms with Crippen LogP contribution in [0.1, 0.15) is 25.7 Å². The molecule has 2 aliphatic carbocycles. The van der Waals surface area contributed by atoms with E-state index in [0.717, 1.165) is 44.2 Å². The predicted molar refractivity (Wildman–Crippen MR) is 93.8 cm³/mol. The number of halogens is 1. The molecule has 2 fully saturated rings. The number of allylic oxidation sites excluding steroid dienone is 2. The molecule has 1 saturated carbocycles. The SMILES string of the molecule is O=C(NC[C@@H]1C[C@@H]2C=C[C@H]1C2)C1CCN(c2ccc(Cl)nn2)CC1. The van der Waals surface area contributed by atoms with Crippen molar-refractivity contribution in [3.63, 3.8) is 0 Å². The average molecular weight is 347 g/mol. The van der Waals surface area contributed by atoms with Crippen LogP contribution in [0.4, 0.5) is 5.82 Å². The fourth-order valence-electron chi connectivity index (χ4n) is 4.35. The average Bonchev–Trinajstić information content (AvgIpc) is 3.23. The first kappa shape index (κ1) is 15.9. The highest BCUT2D eigenvalue weighted by atomic mass is 35.5. The lowest BCUT2D eigenvalue weighted by molar-refractivity contribution is -0.125. The van der Waals surface area contributed by atoms with Crippen molar-refractivity contribution >= 4 is 23.3 Å². The van der Waals surface area contributed by atoms with Crippen molar-refractivity contribution in [3.05, 3.63) is 29.4 Å². The maximum atomic E-state index is 12.5. The van der Waals surface area contributed by atoms with Crippen molar-refractivity contribution in [2.75, 3.05) is 24.5 Å². The third kappa shape index (κ3) is 3.27. The zero-order valence-corrected chi connectivity index (χ0v) is 14.5. The van der Waals surface area contributed by atoms with E-state index < -0.39 is 0 Å². The summed E-state index contributed by atoms with van der Waals surface area (Å²) in [6.45, 7) is 2.52. The minimum atomic E-state index is 0.121. The lowest BCUT2D eigenvalue weighted by Crippen LogP contribution is -2.42. The van der Waals surface area contributed by atoms with Gasteiger partial charge >= 0.3 is 0 Å². The molecule has 1 aliphatic heterocycles. The molecule has 1 aromatic rings. The third-order valence-corrected chi connectivity index (χ3v) is 5.96. The van der Waals surface area contributed by atoms with Gasteiger partial charge in [-0.15, -0.1) is 10.2 Å². The lowest BCUT2D eigenvalue weighted by Gasteiger charge is -2.32. The molecule has 4 rings (SSSR count). The Labute approximate surface area is 147 Å². The van der Waals surface area contributed by atoms with E-state index >= 15 is 0 Å². The van der Waals surface area contributed by atoms with Gasteiger partial charge in [-0.2, -0.15) is 0 Å². The van der Waals surface area contributed by atoms with Crippen molar-refractivity contribution in [1.82, 2.24) is 15.5 Å². The number of nitrogens with zero attached hydrogens (tertiary/aromatic N) is 3. The maximum absolute atomic E-state index is 12.5. The molecule has 0 spiro atoms. The zero-order chi connectivity index (χ0) is 16.5. The van der Waals surface area contributed by atoms with Crippen LogP contribution in [0.5, 0.6) is 0 Å². The summed E-state index contributed by atoms with van der Waals surface area (Å²) in [4.78, 5) is 14.6. The van der Waals surface area contributed by atoms with Gasteiger partial charge in [-0.05, 0) is 55.6 Å². The van der Waals surface area contributed by atoms with Gasteiger partial charge in [0, 0.05) is 25.6 Å². The van der Waals surface area contributed by atoms with E-state index in [2.05, 4.69) is 32.6 Å². The van der Waals surface area contributed by atoms with E-state index in [-0.39, 0.29) is 11.8 Å². The molecule has 0 radical (unpaired) electrons. The van der Waals surface area contributed by atoms with Gasteiger partial charge in [0.15, 0.2) is 11.0 Å². The Morgan fingerprint density at radius 2 is 2.04 bits per heavy atom. The number of carbonyl (C=O) groups excluding carboxylic acids is 1. The number of rotatable bonds is 4. The normalized spacial score (nSPS) is 29.2. The number of carbonyl (C=O) groups is 1. The second-order valence-corrected chi connectivity index (χ2v) is 7.65. The van der Waals surface area contributed by atoms with Crippen LogP contribution in [-0.2, 0) is 4.79 Å². The second-order valence-electron chi connectivity index (χ2n) is 7.26. The molecule has 3 aliphatic rings. The monoisotopic (exact) mass is 346 g/mol. The van der Waals surface area contributed by atoms with Gasteiger partial charge in [-0.25, -0.2) is 0 Å². The minimum absolute atomic E-state index is 0.121. The first-order valence-electron chi connectivity index (χ1n) is 8.89. The molecule has 0 aromatic carbocycles. The highest BCUT2D eigenvalue weighted by molar-refractivity contribution is 6.29. The summed E-state index contributed by atoms with van der Waals surface area (Å²) in [5.41, 5.74) is 0. The lowest BCUT2D eigenvalue weighted by atomic mass is 9.92. The molecule has 1 aromatic heterocycles. The molecule has 24 heavy (non-hydrogen) atoms. The first-order valence-corrected chi connectivity index (χ1v) is 9.27. The second kappa shape index (κ2) is 6.71. The molecule has 6 heteroatoms. The van der Waals surface area contributed by atoms with Gasteiger partial charge in [0.25, 0.3) is 0 Å². The van der Waals surface area contributed by atoms with E-state index in [1.54, 1.807) is 6.07 Å². The summed E-state index contributed by atoms with van der Waals surface area (Å²) in [5, 5.41) is 11.6. The van der Waals surface area contributed by atoms with Crippen LogP contribution < -0.4 is 10.2 Å². The van der Waals surface area contributed by atoms with Crippen molar-refractivity contribution < 1.29 is 4.79 Å². The Kier molecular flexibility index (Phi) is 4.44. The van der Waals surface area contributed by atoms with E-state index in [0.29, 0.717) is 17.0 Å². The molecule has 128 valence electrons. The molecule has 0 unspecified atom stereocenters. The highest BCUT2D eigenvalue weighted by Gasteiger charge is 2.36. The highest BCUT2D eigenvalue weighted by Crippen LogP contribution is 2.43. The maximum Gasteiger partial charge on any atom is 0.223 e. The minimum Gasteiger partial charge on any atom is -0.356 e. The molecule has 2 heterocycles. The van der Waals surface area contributed by atoms with Gasteiger partial charge in [0.1, 0.15) is 0 Å². The fourth-order valence-corrected chi connectivity index (χ4v) is 4.45. The van der Waals surface area contributed by atoms with Crippen molar-refractivity contribution in [2.24, 2.45) is 23.7 Å². The molecular formula is C18H23ClN4O. The Morgan fingerprint density at radius 3 is 2.67 bits per heavy atom. The number of hydrogen-bond acceptors (Lipinski definition) is 4. The van der Waals surface area contributed by atoms with Crippen LogP contribution in [0.3, 0.4) is 0 Å². The van der Waals surface area contributed by atoms with Crippen LogP contribution >= 0.6 is 11.6 Å². The zero-order valence-electron chi connectivity index (χ0n) is 13.7. The quantitative estimate of drug-likeness (QED) is 0.851. The van der Waals surface area contributed by atoms with Gasteiger partial charge in [0.05, 0.1) is 0 Å². The van der Waals surface area contributed by atoms with Crippen LogP contribution in [0.2, 0.25) is 5.15 Å². The van der Waals surface area contributed by atoms with Gasteiger partial charge < -0.3 is 10.2 Å². The van der Waals surface area contributed by atoms with Gasteiger partial charge in [-0.3, -0.25) is 4.79 Å². The number of fused-ring (bicyclic) bond motifs is 2. The molecule has 1 amide bonds. The Balaban J connectivity index is 1.24. The summed E-state index contributed by atoms with van der Waals surface area (Å²) in [7, 11) is 0. The summed E-state index contributed by atoms with van der Waals surface area (Å²) < 4.78 is 0. The number of amides is 1. The molecule has 1 saturated heterocycles. The molecular weight excluding hydrogens is 324 g/mol. The predicted octanol–water partition coefficient (Wildman–Crippen LogP) is 2.67. The van der Waals surface area contributed by atoms with Crippen LogP contribution in [-0.4, -0.2) is 35.7 Å². The summed E-state index contributed by atoms with van der Waals surface area (Å²) in [6.07, 6.45) is 8.96. The van der Waals surface area contributed by atoms with Crippen LogP contribution in [0.25, 0.3) is 0 Å². The number of anilines is 1. The van der Waals surface area contributed by atoms with Crippen LogP contribution in [0, 0.1) is 23.7 Å². The summed E-state index contributed by atoms with van der Waals surface area (Å²) in [5.74, 6) is 3.29. The number of hydrogen-bond donors (Lipinski definition) is 1. The Morgan fingerprint density at radius 1 is 1.21 bits per heavy atom.